The molecule has 0 saturated carbocycles. The molecule has 0 fully saturated rings. The highest BCUT2D eigenvalue weighted by atomic mass is 19.1. The number of benzene rings is 1. The Morgan fingerprint density at radius 3 is 2.90 bits per heavy atom. The average molecular weight is 287 g/mol. The van der Waals surface area contributed by atoms with Crippen LogP contribution in [0.1, 0.15) is 17.0 Å². The van der Waals surface area contributed by atoms with Crippen LogP contribution in [-0.2, 0) is 11.4 Å². The van der Waals surface area contributed by atoms with Gasteiger partial charge in [-0.1, -0.05) is 6.07 Å². The molecule has 21 heavy (non-hydrogen) atoms. The van der Waals surface area contributed by atoms with Crippen molar-refractivity contribution in [3.8, 4) is 5.75 Å². The maximum atomic E-state index is 13.5. The van der Waals surface area contributed by atoms with Crippen LogP contribution in [0.4, 0.5) is 4.39 Å². The standard InChI is InChI=1S/C16H14FNO3/c1-11-3-2-4-14(18-11)10-21-15-8-12(5-6-16(19)20)7-13(17)9-15/h2-9H,10H2,1H3,(H,19,20)/b6-5+. The van der Waals surface area contributed by atoms with Crippen molar-refractivity contribution in [2.45, 2.75) is 13.5 Å². The highest BCUT2D eigenvalue weighted by Gasteiger charge is 2.02. The number of ether oxygens (including phenoxy) is 1. The van der Waals surface area contributed by atoms with Gasteiger partial charge < -0.3 is 9.84 Å². The molecule has 0 bridgehead atoms. The molecule has 2 aromatic rings. The molecular formula is C16H14FNO3. The fraction of sp³-hybridized carbons (Fsp3) is 0.125. The Balaban J connectivity index is 2.11. The summed E-state index contributed by atoms with van der Waals surface area (Å²) in [6.07, 6.45) is 2.25. The molecular weight excluding hydrogens is 273 g/mol. The van der Waals surface area contributed by atoms with Crippen LogP contribution < -0.4 is 4.74 Å². The predicted octanol–water partition coefficient (Wildman–Crippen LogP) is 3.21. The third-order valence-corrected chi connectivity index (χ3v) is 2.64. The van der Waals surface area contributed by atoms with Crippen molar-refractivity contribution >= 4 is 12.0 Å². The van der Waals surface area contributed by atoms with Crippen molar-refractivity contribution in [2.75, 3.05) is 0 Å². The number of aryl methyl sites for hydroxylation is 1. The van der Waals surface area contributed by atoms with E-state index in [2.05, 4.69) is 4.98 Å². The van der Waals surface area contributed by atoms with Crippen LogP contribution in [-0.4, -0.2) is 16.1 Å². The van der Waals surface area contributed by atoms with Gasteiger partial charge in [-0.25, -0.2) is 9.18 Å². The second-order valence-corrected chi connectivity index (χ2v) is 4.45. The molecule has 0 saturated heterocycles. The van der Waals surface area contributed by atoms with Crippen LogP contribution in [0.3, 0.4) is 0 Å². The first-order valence-electron chi connectivity index (χ1n) is 6.30. The van der Waals surface area contributed by atoms with E-state index >= 15 is 0 Å². The van der Waals surface area contributed by atoms with Crippen LogP contribution in [0.5, 0.6) is 5.75 Å². The average Bonchev–Trinajstić information content (AvgIpc) is 2.43. The lowest BCUT2D eigenvalue weighted by atomic mass is 10.2. The molecule has 1 aromatic heterocycles. The van der Waals surface area contributed by atoms with Gasteiger partial charge in [0.05, 0.1) is 5.69 Å². The first-order chi connectivity index (χ1) is 10.0. The van der Waals surface area contributed by atoms with E-state index < -0.39 is 11.8 Å². The van der Waals surface area contributed by atoms with Crippen LogP contribution in [0.15, 0.2) is 42.5 Å². The molecule has 2 rings (SSSR count). The number of carbonyl (C=O) groups is 1. The molecule has 0 atom stereocenters. The minimum atomic E-state index is -1.09. The first-order valence-corrected chi connectivity index (χ1v) is 6.30. The Morgan fingerprint density at radius 2 is 2.19 bits per heavy atom. The molecule has 0 aliphatic carbocycles. The lowest BCUT2D eigenvalue weighted by Gasteiger charge is -2.07. The minimum Gasteiger partial charge on any atom is -0.487 e. The number of carboxylic acid groups (broad SMARTS) is 1. The summed E-state index contributed by atoms with van der Waals surface area (Å²) in [6.45, 7) is 2.09. The minimum absolute atomic E-state index is 0.215. The Hall–Kier alpha value is -2.69. The van der Waals surface area contributed by atoms with E-state index in [-0.39, 0.29) is 6.61 Å². The van der Waals surface area contributed by atoms with Crippen LogP contribution in [0.25, 0.3) is 6.08 Å². The van der Waals surface area contributed by atoms with Crippen LogP contribution in [0, 0.1) is 12.7 Å². The molecule has 1 N–H and O–H groups in total. The third kappa shape index (κ3) is 4.72. The van der Waals surface area contributed by atoms with Gasteiger partial charge in [-0.15, -0.1) is 0 Å². The van der Waals surface area contributed by atoms with Crippen LogP contribution >= 0.6 is 0 Å². The molecule has 1 aromatic carbocycles. The molecule has 0 spiro atoms. The largest absolute Gasteiger partial charge is 0.487 e. The molecule has 108 valence electrons. The number of carboxylic acids is 1. The summed E-state index contributed by atoms with van der Waals surface area (Å²) in [7, 11) is 0. The SMILES string of the molecule is Cc1cccc(COc2cc(F)cc(/C=C/C(=O)O)c2)n1. The van der Waals surface area contributed by atoms with Gasteiger partial charge in [0.15, 0.2) is 0 Å². The van der Waals surface area contributed by atoms with E-state index in [1.165, 1.54) is 18.2 Å². The van der Waals surface area contributed by atoms with Crippen molar-refractivity contribution < 1.29 is 19.0 Å². The number of nitrogens with zero attached hydrogens (tertiary/aromatic N) is 1. The van der Waals surface area contributed by atoms with E-state index in [1.807, 2.05) is 25.1 Å². The number of hydrogen-bond acceptors (Lipinski definition) is 3. The molecule has 0 unspecified atom stereocenters. The van der Waals surface area contributed by atoms with Crippen molar-refractivity contribution in [1.29, 1.82) is 0 Å². The normalized spacial score (nSPS) is 10.8. The van der Waals surface area contributed by atoms with Gasteiger partial charge in [-0.05, 0) is 42.8 Å². The zero-order valence-corrected chi connectivity index (χ0v) is 11.4. The van der Waals surface area contributed by atoms with Gasteiger partial charge in [-0.3, -0.25) is 4.98 Å². The summed E-state index contributed by atoms with van der Waals surface area (Å²) in [5.74, 6) is -1.26. The maximum Gasteiger partial charge on any atom is 0.328 e. The van der Waals surface area contributed by atoms with E-state index in [9.17, 15) is 9.18 Å². The number of pyridine rings is 1. The summed E-state index contributed by atoms with van der Waals surface area (Å²) in [5.41, 5.74) is 2.03. The van der Waals surface area contributed by atoms with Gasteiger partial charge in [-0.2, -0.15) is 0 Å². The van der Waals surface area contributed by atoms with E-state index in [4.69, 9.17) is 9.84 Å². The van der Waals surface area contributed by atoms with Crippen molar-refractivity contribution in [3.05, 3.63) is 65.2 Å². The predicted molar refractivity (Wildman–Crippen MR) is 76.4 cm³/mol. The van der Waals surface area contributed by atoms with Gasteiger partial charge in [0.1, 0.15) is 18.2 Å². The highest BCUT2D eigenvalue weighted by molar-refractivity contribution is 5.85. The topological polar surface area (TPSA) is 59.4 Å². The van der Waals surface area contributed by atoms with Crippen molar-refractivity contribution in [2.24, 2.45) is 0 Å². The summed E-state index contributed by atoms with van der Waals surface area (Å²) < 4.78 is 19.0. The zero-order valence-electron chi connectivity index (χ0n) is 11.4. The van der Waals surface area contributed by atoms with Gasteiger partial charge >= 0.3 is 5.97 Å². The second-order valence-electron chi connectivity index (χ2n) is 4.45. The third-order valence-electron chi connectivity index (χ3n) is 2.64. The summed E-state index contributed by atoms with van der Waals surface area (Å²) >= 11 is 0. The van der Waals surface area contributed by atoms with E-state index in [0.29, 0.717) is 11.3 Å². The molecule has 1 heterocycles. The van der Waals surface area contributed by atoms with Crippen LogP contribution in [0.2, 0.25) is 0 Å². The molecule has 0 aliphatic heterocycles. The maximum absolute atomic E-state index is 13.5. The monoisotopic (exact) mass is 287 g/mol. The summed E-state index contributed by atoms with van der Waals surface area (Å²) in [6, 6.07) is 9.61. The summed E-state index contributed by atoms with van der Waals surface area (Å²) in [4.78, 5) is 14.7. The number of hydrogen-bond donors (Lipinski definition) is 1. The lowest BCUT2D eigenvalue weighted by Crippen LogP contribution is -1.99. The van der Waals surface area contributed by atoms with Crippen molar-refractivity contribution in [3.63, 3.8) is 0 Å². The molecule has 0 amide bonds. The lowest BCUT2D eigenvalue weighted by molar-refractivity contribution is -0.131. The first kappa shape index (κ1) is 14.7. The smallest absolute Gasteiger partial charge is 0.328 e. The van der Waals surface area contributed by atoms with Gasteiger partial charge in [0.25, 0.3) is 0 Å². The zero-order chi connectivity index (χ0) is 15.2. The van der Waals surface area contributed by atoms with E-state index in [1.54, 1.807) is 6.07 Å². The second kappa shape index (κ2) is 6.65. The Bertz CT molecular complexity index is 683. The number of aliphatic carboxylic acids is 1. The Kier molecular flexibility index (Phi) is 4.66. The quantitative estimate of drug-likeness (QED) is 0.858. The highest BCUT2D eigenvalue weighted by Crippen LogP contribution is 2.18. The molecule has 0 radical (unpaired) electrons. The van der Waals surface area contributed by atoms with Gasteiger partial charge in [0, 0.05) is 17.8 Å². The Morgan fingerprint density at radius 1 is 1.38 bits per heavy atom. The number of halogens is 1. The number of rotatable bonds is 5. The number of aromatic nitrogens is 1. The van der Waals surface area contributed by atoms with E-state index in [0.717, 1.165) is 17.5 Å². The Labute approximate surface area is 121 Å². The van der Waals surface area contributed by atoms with Crippen molar-refractivity contribution in [1.82, 2.24) is 4.98 Å². The summed E-state index contributed by atoms with van der Waals surface area (Å²) in [5, 5.41) is 8.57. The van der Waals surface area contributed by atoms with Gasteiger partial charge in [0.2, 0.25) is 0 Å². The molecule has 0 aliphatic rings. The molecule has 5 heteroatoms. The fourth-order valence-corrected chi connectivity index (χ4v) is 1.77. The molecule has 4 nitrogen and oxygen atoms in total. The fourth-order valence-electron chi connectivity index (χ4n) is 1.77.